The molecule has 1 heterocycles. The zero-order valence-corrected chi connectivity index (χ0v) is 16.7. The summed E-state index contributed by atoms with van der Waals surface area (Å²) < 4.78 is 1.57. The van der Waals surface area contributed by atoms with Gasteiger partial charge in [0, 0.05) is 21.3 Å². The van der Waals surface area contributed by atoms with Gasteiger partial charge in [0.15, 0.2) is 5.82 Å². The number of rotatable bonds is 4. The van der Waals surface area contributed by atoms with E-state index in [-0.39, 0.29) is 21.4 Å². The summed E-state index contributed by atoms with van der Waals surface area (Å²) in [4.78, 5) is 12.4. The Balaban J connectivity index is 1.78. The van der Waals surface area contributed by atoms with Gasteiger partial charge in [-0.05, 0) is 35.9 Å². The van der Waals surface area contributed by atoms with Crippen molar-refractivity contribution in [1.29, 1.82) is 0 Å². The van der Waals surface area contributed by atoms with Gasteiger partial charge in [-0.25, -0.2) is 0 Å². The van der Waals surface area contributed by atoms with Crippen molar-refractivity contribution < 1.29 is 4.79 Å². The Morgan fingerprint density at radius 1 is 0.923 bits per heavy atom. The number of carbonyl (C=O) groups is 1. The first-order valence-corrected chi connectivity index (χ1v) is 9.16. The molecule has 0 saturated heterocycles. The van der Waals surface area contributed by atoms with Crippen molar-refractivity contribution in [2.75, 3.05) is 5.32 Å². The zero-order valence-electron chi connectivity index (χ0n) is 12.9. The lowest BCUT2D eigenvalue weighted by atomic mass is 10.2. The van der Waals surface area contributed by atoms with Crippen LogP contribution in [0.25, 0.3) is 0 Å². The highest BCUT2D eigenvalue weighted by Gasteiger charge is 2.15. The average Bonchev–Trinajstić information content (AvgIpc) is 2.89. The number of carbonyl (C=O) groups excluding carboxylic acids is 1. The Labute approximate surface area is 174 Å². The summed E-state index contributed by atoms with van der Waals surface area (Å²) >= 11 is 30.1. The summed E-state index contributed by atoms with van der Waals surface area (Å²) in [7, 11) is 0. The van der Waals surface area contributed by atoms with E-state index in [2.05, 4.69) is 10.4 Å². The summed E-state index contributed by atoms with van der Waals surface area (Å²) in [6, 6.07) is 9.77. The smallest absolute Gasteiger partial charge is 0.258 e. The number of hydrogen-bond acceptors (Lipinski definition) is 2. The van der Waals surface area contributed by atoms with Gasteiger partial charge in [-0.2, -0.15) is 5.10 Å². The van der Waals surface area contributed by atoms with Gasteiger partial charge in [0.2, 0.25) is 0 Å². The maximum Gasteiger partial charge on any atom is 0.258 e. The van der Waals surface area contributed by atoms with Gasteiger partial charge in [0.1, 0.15) is 5.02 Å². The highest BCUT2D eigenvalue weighted by molar-refractivity contribution is 6.37. The molecule has 0 unspecified atom stereocenters. The Morgan fingerprint density at radius 2 is 1.58 bits per heavy atom. The van der Waals surface area contributed by atoms with Crippen LogP contribution in [-0.4, -0.2) is 15.7 Å². The van der Waals surface area contributed by atoms with Gasteiger partial charge in [0.05, 0.1) is 17.1 Å². The molecule has 0 radical (unpaired) electrons. The topological polar surface area (TPSA) is 46.9 Å². The van der Waals surface area contributed by atoms with Crippen LogP contribution >= 0.6 is 58.0 Å². The monoisotopic (exact) mass is 447 g/mol. The molecule has 2 aromatic carbocycles. The lowest BCUT2D eigenvalue weighted by molar-refractivity contribution is 0.102. The molecule has 1 N–H and O–H groups in total. The molecule has 0 aliphatic rings. The highest BCUT2D eigenvalue weighted by Crippen LogP contribution is 2.26. The molecule has 0 bridgehead atoms. The Kier molecular flexibility index (Phi) is 6.00. The molecule has 0 aliphatic carbocycles. The first kappa shape index (κ1) is 19.3. The van der Waals surface area contributed by atoms with E-state index in [9.17, 15) is 4.79 Å². The lowest BCUT2D eigenvalue weighted by Crippen LogP contribution is -2.13. The summed E-state index contributed by atoms with van der Waals surface area (Å²) in [6.45, 7) is 0.368. The number of anilines is 1. The van der Waals surface area contributed by atoms with E-state index in [1.54, 1.807) is 35.1 Å². The minimum absolute atomic E-state index is 0.216. The largest absolute Gasteiger partial charge is 0.304 e. The number of halogens is 5. The van der Waals surface area contributed by atoms with Crippen LogP contribution in [0.15, 0.2) is 42.6 Å². The van der Waals surface area contributed by atoms with Crippen LogP contribution < -0.4 is 5.32 Å². The maximum absolute atomic E-state index is 12.4. The SMILES string of the molecule is O=C(Nc1nn(Cc2ccc(Cl)cc2Cl)cc1Cl)c1ccc(Cl)cc1Cl. The number of benzene rings is 2. The fraction of sp³-hybridized carbons (Fsp3) is 0.0588. The Bertz CT molecular complexity index is 987. The summed E-state index contributed by atoms with van der Waals surface area (Å²) in [6.07, 6.45) is 1.59. The number of nitrogens with one attached hydrogen (secondary N) is 1. The van der Waals surface area contributed by atoms with Crippen molar-refractivity contribution in [1.82, 2.24) is 9.78 Å². The van der Waals surface area contributed by atoms with Crippen molar-refractivity contribution in [2.45, 2.75) is 6.54 Å². The molecule has 0 atom stereocenters. The average molecular weight is 450 g/mol. The van der Waals surface area contributed by atoms with Gasteiger partial charge in [0.25, 0.3) is 5.91 Å². The van der Waals surface area contributed by atoms with Gasteiger partial charge < -0.3 is 5.32 Å². The first-order chi connectivity index (χ1) is 12.3. The normalized spacial score (nSPS) is 10.8. The second-order valence-corrected chi connectivity index (χ2v) is 7.43. The third kappa shape index (κ3) is 4.45. The molecular weight excluding hydrogens is 439 g/mol. The maximum atomic E-state index is 12.4. The van der Waals surface area contributed by atoms with E-state index >= 15 is 0 Å². The molecule has 3 rings (SSSR count). The Hall–Kier alpha value is -1.43. The zero-order chi connectivity index (χ0) is 18.8. The molecule has 1 amide bonds. The second-order valence-electron chi connectivity index (χ2n) is 5.34. The molecule has 0 saturated carbocycles. The third-order valence-corrected chi connectivity index (χ3v) is 4.88. The minimum Gasteiger partial charge on any atom is -0.304 e. The van der Waals surface area contributed by atoms with E-state index in [0.717, 1.165) is 5.56 Å². The molecule has 4 nitrogen and oxygen atoms in total. The molecule has 0 fully saturated rings. The van der Waals surface area contributed by atoms with Crippen molar-refractivity contribution >= 4 is 69.7 Å². The van der Waals surface area contributed by atoms with Gasteiger partial charge in [-0.1, -0.05) is 64.1 Å². The van der Waals surface area contributed by atoms with E-state index in [1.807, 2.05) is 0 Å². The van der Waals surface area contributed by atoms with Crippen LogP contribution in [0, 0.1) is 0 Å². The second kappa shape index (κ2) is 8.07. The van der Waals surface area contributed by atoms with Crippen LogP contribution in [0.5, 0.6) is 0 Å². The fourth-order valence-corrected chi connectivity index (χ4v) is 3.40. The Morgan fingerprint density at radius 3 is 2.23 bits per heavy atom. The van der Waals surface area contributed by atoms with Gasteiger partial charge >= 0.3 is 0 Å². The van der Waals surface area contributed by atoms with Gasteiger partial charge in [-0.15, -0.1) is 0 Å². The summed E-state index contributed by atoms with van der Waals surface area (Å²) in [5.41, 5.74) is 1.08. The van der Waals surface area contributed by atoms with Crippen molar-refractivity contribution in [3.8, 4) is 0 Å². The van der Waals surface area contributed by atoms with E-state index in [4.69, 9.17) is 58.0 Å². The van der Waals surface area contributed by atoms with Crippen LogP contribution in [-0.2, 0) is 6.54 Å². The van der Waals surface area contributed by atoms with Crippen molar-refractivity contribution in [3.63, 3.8) is 0 Å². The molecule has 9 heteroatoms. The van der Waals surface area contributed by atoms with E-state index < -0.39 is 5.91 Å². The number of nitrogens with zero attached hydrogens (tertiary/aromatic N) is 2. The van der Waals surface area contributed by atoms with E-state index in [1.165, 1.54) is 12.1 Å². The lowest BCUT2D eigenvalue weighted by Gasteiger charge is -2.06. The molecular formula is C17H10Cl5N3O. The predicted molar refractivity (Wildman–Crippen MR) is 107 cm³/mol. The number of aromatic nitrogens is 2. The molecule has 0 spiro atoms. The highest BCUT2D eigenvalue weighted by atomic mass is 35.5. The summed E-state index contributed by atoms with van der Waals surface area (Å²) in [5.74, 6) is -0.226. The quantitative estimate of drug-likeness (QED) is 0.497. The van der Waals surface area contributed by atoms with Gasteiger partial charge in [-0.3, -0.25) is 9.48 Å². The molecule has 134 valence electrons. The third-order valence-electron chi connectivity index (χ3n) is 3.47. The van der Waals surface area contributed by atoms with Crippen LogP contribution in [0.1, 0.15) is 15.9 Å². The fourth-order valence-electron chi connectivity index (χ4n) is 2.24. The molecule has 3 aromatic rings. The number of hydrogen-bond donors (Lipinski definition) is 1. The summed E-state index contributed by atoms with van der Waals surface area (Å²) in [5, 5.41) is 8.93. The molecule has 26 heavy (non-hydrogen) atoms. The molecule has 0 aliphatic heterocycles. The van der Waals surface area contributed by atoms with Crippen LogP contribution in [0.2, 0.25) is 25.1 Å². The van der Waals surface area contributed by atoms with Crippen molar-refractivity contribution in [2.24, 2.45) is 0 Å². The predicted octanol–water partition coefficient (Wildman–Crippen LogP) is 6.45. The number of amides is 1. The van der Waals surface area contributed by atoms with Crippen molar-refractivity contribution in [3.05, 3.63) is 78.8 Å². The van der Waals surface area contributed by atoms with E-state index in [0.29, 0.717) is 21.6 Å². The first-order valence-electron chi connectivity index (χ1n) is 7.27. The standard InChI is InChI=1S/C17H10Cl5N3O/c18-10-2-1-9(13(20)5-10)7-25-8-15(22)16(24-25)23-17(26)12-4-3-11(19)6-14(12)21/h1-6,8H,7H2,(H,23,24,26). The minimum atomic E-state index is -0.441. The van der Waals surface area contributed by atoms with Crippen LogP contribution in [0.3, 0.4) is 0 Å². The van der Waals surface area contributed by atoms with Crippen LogP contribution in [0.4, 0.5) is 5.82 Å². The molecule has 1 aromatic heterocycles.